The van der Waals surface area contributed by atoms with Crippen LogP contribution in [-0.2, 0) is 21.5 Å². The predicted octanol–water partition coefficient (Wildman–Crippen LogP) is 6.15. The molecule has 34 heavy (non-hydrogen) atoms. The molecule has 1 unspecified atom stereocenters. The minimum Gasteiger partial charge on any atom is -0.483 e. The molecule has 7 heteroatoms. The summed E-state index contributed by atoms with van der Waals surface area (Å²) in [5, 5.41) is 4.00. The van der Waals surface area contributed by atoms with Gasteiger partial charge in [-0.3, -0.25) is 9.59 Å². The maximum Gasteiger partial charge on any atom is 0.261 e. The first-order valence-electron chi connectivity index (χ1n) is 11.8. The molecule has 3 rings (SSSR count). The molecule has 2 aromatic carbocycles. The molecule has 0 heterocycles. The van der Waals surface area contributed by atoms with Gasteiger partial charge in [-0.2, -0.15) is 0 Å². The SMILES string of the molecule is CC(C(=O)NC1CCCC1)N(Cc1c(Cl)cccc1Cl)C(=O)COc1ccccc1C(C)(C)C. The van der Waals surface area contributed by atoms with E-state index in [-0.39, 0.29) is 36.4 Å². The Kier molecular flexibility index (Phi) is 8.89. The second kappa shape index (κ2) is 11.5. The third kappa shape index (κ3) is 6.67. The van der Waals surface area contributed by atoms with E-state index < -0.39 is 6.04 Å². The Morgan fingerprint density at radius 1 is 1.06 bits per heavy atom. The zero-order valence-electron chi connectivity index (χ0n) is 20.4. The Morgan fingerprint density at radius 2 is 1.68 bits per heavy atom. The molecule has 1 aliphatic carbocycles. The van der Waals surface area contributed by atoms with Gasteiger partial charge < -0.3 is 15.0 Å². The molecule has 0 radical (unpaired) electrons. The maximum absolute atomic E-state index is 13.4. The molecule has 2 amide bonds. The van der Waals surface area contributed by atoms with Crippen LogP contribution in [0.1, 0.15) is 64.5 Å². The predicted molar refractivity (Wildman–Crippen MR) is 138 cm³/mol. The number of nitrogens with zero attached hydrogens (tertiary/aromatic N) is 1. The molecule has 0 spiro atoms. The van der Waals surface area contributed by atoms with E-state index in [0.29, 0.717) is 21.4 Å². The molecule has 1 saturated carbocycles. The van der Waals surface area contributed by atoms with E-state index in [0.717, 1.165) is 31.2 Å². The molecule has 0 bridgehead atoms. The lowest BCUT2D eigenvalue weighted by Gasteiger charge is -2.30. The Bertz CT molecular complexity index is 993. The molecule has 184 valence electrons. The highest BCUT2D eigenvalue weighted by Crippen LogP contribution is 2.31. The van der Waals surface area contributed by atoms with Gasteiger partial charge in [-0.25, -0.2) is 0 Å². The number of nitrogens with one attached hydrogen (secondary N) is 1. The summed E-state index contributed by atoms with van der Waals surface area (Å²) in [5.41, 5.74) is 1.48. The van der Waals surface area contributed by atoms with Crippen molar-refractivity contribution in [2.45, 2.75) is 77.4 Å². The quantitative estimate of drug-likeness (QED) is 0.469. The van der Waals surface area contributed by atoms with Crippen molar-refractivity contribution in [1.82, 2.24) is 10.2 Å². The van der Waals surface area contributed by atoms with Gasteiger partial charge >= 0.3 is 0 Å². The Labute approximate surface area is 212 Å². The van der Waals surface area contributed by atoms with E-state index in [2.05, 4.69) is 26.1 Å². The van der Waals surface area contributed by atoms with Gasteiger partial charge in [0.2, 0.25) is 5.91 Å². The number of halogens is 2. The normalized spacial score (nSPS) is 15.1. The highest BCUT2D eigenvalue weighted by atomic mass is 35.5. The van der Waals surface area contributed by atoms with Crippen molar-refractivity contribution in [2.24, 2.45) is 0 Å². The number of hydrogen-bond acceptors (Lipinski definition) is 3. The lowest BCUT2D eigenvalue weighted by Crippen LogP contribution is -2.50. The Morgan fingerprint density at radius 3 is 2.29 bits per heavy atom. The summed E-state index contributed by atoms with van der Waals surface area (Å²) in [6.45, 7) is 7.93. The average molecular weight is 505 g/mol. The number of amides is 2. The summed E-state index contributed by atoms with van der Waals surface area (Å²) in [6, 6.07) is 12.4. The molecule has 5 nitrogen and oxygen atoms in total. The minimum absolute atomic E-state index is 0.112. The van der Waals surface area contributed by atoms with Crippen LogP contribution < -0.4 is 10.1 Å². The first-order valence-corrected chi connectivity index (χ1v) is 12.6. The average Bonchev–Trinajstić information content (AvgIpc) is 3.29. The molecule has 1 N–H and O–H groups in total. The summed E-state index contributed by atoms with van der Waals surface area (Å²) in [7, 11) is 0. The number of benzene rings is 2. The van der Waals surface area contributed by atoms with Crippen molar-refractivity contribution >= 4 is 35.0 Å². The summed E-state index contributed by atoms with van der Waals surface area (Å²) < 4.78 is 5.98. The maximum atomic E-state index is 13.4. The summed E-state index contributed by atoms with van der Waals surface area (Å²) in [5.74, 6) is 0.162. The van der Waals surface area contributed by atoms with Crippen LogP contribution in [-0.4, -0.2) is 35.4 Å². The highest BCUT2D eigenvalue weighted by molar-refractivity contribution is 6.36. The molecule has 1 fully saturated rings. The fourth-order valence-corrected chi connectivity index (χ4v) is 4.78. The lowest BCUT2D eigenvalue weighted by atomic mass is 9.86. The van der Waals surface area contributed by atoms with E-state index >= 15 is 0 Å². The van der Waals surface area contributed by atoms with E-state index in [1.54, 1.807) is 25.1 Å². The van der Waals surface area contributed by atoms with Gasteiger partial charge in [0.05, 0.1) is 0 Å². The van der Waals surface area contributed by atoms with Gasteiger partial charge in [0.1, 0.15) is 11.8 Å². The van der Waals surface area contributed by atoms with Crippen molar-refractivity contribution in [3.8, 4) is 5.75 Å². The molecule has 2 aromatic rings. The number of rotatable bonds is 8. The van der Waals surface area contributed by atoms with Crippen molar-refractivity contribution in [3.05, 3.63) is 63.6 Å². The zero-order chi connectivity index (χ0) is 24.9. The van der Waals surface area contributed by atoms with Gasteiger partial charge in [0, 0.05) is 28.2 Å². The van der Waals surface area contributed by atoms with E-state index in [1.165, 1.54) is 4.90 Å². The summed E-state index contributed by atoms with van der Waals surface area (Å²) >= 11 is 12.8. The highest BCUT2D eigenvalue weighted by Gasteiger charge is 2.30. The van der Waals surface area contributed by atoms with Crippen molar-refractivity contribution in [3.63, 3.8) is 0 Å². The fraction of sp³-hybridized carbons (Fsp3) is 0.481. The van der Waals surface area contributed by atoms with Gasteiger partial charge in [-0.15, -0.1) is 0 Å². The third-order valence-corrected chi connectivity index (χ3v) is 7.01. The standard InChI is InChI=1S/C27H34Cl2N2O3/c1-18(26(33)30-19-10-5-6-11-19)31(16-20-22(28)13-9-14-23(20)29)25(32)17-34-24-15-8-7-12-21(24)27(2,3)4/h7-9,12-15,18-19H,5-6,10-11,16-17H2,1-4H3,(H,30,33). The number of para-hydroxylation sites is 1. The molecule has 1 aliphatic rings. The number of ether oxygens (including phenoxy) is 1. The van der Waals surface area contributed by atoms with Crippen LogP contribution in [0, 0.1) is 0 Å². The van der Waals surface area contributed by atoms with Gasteiger partial charge in [-0.1, -0.05) is 81.1 Å². The van der Waals surface area contributed by atoms with Crippen LogP contribution in [0.2, 0.25) is 10.0 Å². The smallest absolute Gasteiger partial charge is 0.261 e. The van der Waals surface area contributed by atoms with Crippen LogP contribution in [0.4, 0.5) is 0 Å². The fourth-order valence-electron chi connectivity index (χ4n) is 4.26. The topological polar surface area (TPSA) is 58.6 Å². The summed E-state index contributed by atoms with van der Waals surface area (Å²) in [6.07, 6.45) is 4.15. The minimum atomic E-state index is -0.707. The molecule has 1 atom stereocenters. The van der Waals surface area contributed by atoms with Crippen LogP contribution >= 0.6 is 23.2 Å². The zero-order valence-corrected chi connectivity index (χ0v) is 21.9. The third-order valence-electron chi connectivity index (χ3n) is 6.31. The van der Waals surface area contributed by atoms with E-state index in [4.69, 9.17) is 27.9 Å². The van der Waals surface area contributed by atoms with Gasteiger partial charge in [0.15, 0.2) is 6.61 Å². The van der Waals surface area contributed by atoms with Crippen LogP contribution in [0.5, 0.6) is 5.75 Å². The number of hydrogen-bond donors (Lipinski definition) is 1. The monoisotopic (exact) mass is 504 g/mol. The summed E-state index contributed by atoms with van der Waals surface area (Å²) in [4.78, 5) is 28.0. The van der Waals surface area contributed by atoms with Crippen LogP contribution in [0.15, 0.2) is 42.5 Å². The first-order chi connectivity index (χ1) is 16.1. The van der Waals surface area contributed by atoms with Crippen molar-refractivity contribution in [2.75, 3.05) is 6.61 Å². The second-order valence-electron chi connectivity index (χ2n) is 9.92. The van der Waals surface area contributed by atoms with Crippen molar-refractivity contribution in [1.29, 1.82) is 0 Å². The molecular weight excluding hydrogens is 471 g/mol. The molecule has 0 aromatic heterocycles. The molecular formula is C27H34Cl2N2O3. The van der Waals surface area contributed by atoms with E-state index in [1.807, 2.05) is 24.3 Å². The Balaban J connectivity index is 1.81. The van der Waals surface area contributed by atoms with Crippen molar-refractivity contribution < 1.29 is 14.3 Å². The number of carbonyl (C=O) groups is 2. The molecule has 0 saturated heterocycles. The van der Waals surface area contributed by atoms with Gasteiger partial charge in [0.25, 0.3) is 5.91 Å². The largest absolute Gasteiger partial charge is 0.483 e. The Hall–Kier alpha value is -2.24. The molecule has 0 aliphatic heterocycles. The van der Waals surface area contributed by atoms with E-state index in [9.17, 15) is 9.59 Å². The van der Waals surface area contributed by atoms with Gasteiger partial charge in [-0.05, 0) is 48.9 Å². The second-order valence-corrected chi connectivity index (χ2v) is 10.7. The van der Waals surface area contributed by atoms with Crippen LogP contribution in [0.25, 0.3) is 0 Å². The first kappa shape index (κ1) is 26.4. The lowest BCUT2D eigenvalue weighted by molar-refractivity contribution is -0.142. The number of carbonyl (C=O) groups excluding carboxylic acids is 2. The van der Waals surface area contributed by atoms with Crippen LogP contribution in [0.3, 0.4) is 0 Å².